The molecular formula is C18H28ClN3O6S. The normalized spacial score (nSPS) is 19.3. The maximum Gasteiger partial charge on any atom is 0.335 e. The molecule has 1 saturated carbocycles. The maximum absolute atomic E-state index is 9.77. The van der Waals surface area contributed by atoms with E-state index in [2.05, 4.69) is 15.2 Å². The average Bonchev–Trinajstić information content (AvgIpc) is 3.44. The first-order chi connectivity index (χ1) is 13.7. The molecule has 0 radical (unpaired) electrons. The first-order valence-corrected chi connectivity index (χ1v) is 10.8. The molecule has 2 atom stereocenters. The summed E-state index contributed by atoms with van der Waals surface area (Å²) in [5.41, 5.74) is 0. The van der Waals surface area contributed by atoms with E-state index in [1.54, 1.807) is 11.3 Å². The van der Waals surface area contributed by atoms with Gasteiger partial charge in [0, 0.05) is 19.1 Å². The summed E-state index contributed by atoms with van der Waals surface area (Å²) in [5.74, 6) is -2.60. The van der Waals surface area contributed by atoms with Gasteiger partial charge in [-0.25, -0.2) is 14.6 Å². The molecule has 0 aromatic carbocycles. The first kappa shape index (κ1) is 24.0. The number of aliphatic hydroxyl groups is 2. The molecule has 1 aromatic rings. The Kier molecular flexibility index (Phi) is 9.25. The lowest BCUT2D eigenvalue weighted by atomic mass is 10.0. The summed E-state index contributed by atoms with van der Waals surface area (Å²) >= 11 is 7.99. The molecule has 5 N–H and O–H groups in total. The minimum atomic E-state index is -2.27. The molecule has 1 aromatic heterocycles. The van der Waals surface area contributed by atoms with Crippen LogP contribution in [0.2, 0.25) is 5.15 Å². The molecule has 2 unspecified atom stereocenters. The van der Waals surface area contributed by atoms with Crippen molar-refractivity contribution >= 4 is 34.9 Å². The number of aliphatic carboxylic acids is 2. The highest BCUT2D eigenvalue weighted by Crippen LogP contribution is 2.33. The van der Waals surface area contributed by atoms with Gasteiger partial charge in [0.15, 0.2) is 12.2 Å². The van der Waals surface area contributed by atoms with E-state index in [1.165, 1.54) is 37.1 Å². The van der Waals surface area contributed by atoms with Gasteiger partial charge in [-0.15, -0.1) is 11.3 Å². The smallest absolute Gasteiger partial charge is 0.335 e. The quantitative estimate of drug-likeness (QED) is 0.391. The van der Waals surface area contributed by atoms with Gasteiger partial charge in [0.2, 0.25) is 0 Å². The van der Waals surface area contributed by atoms with Crippen molar-refractivity contribution in [3.8, 4) is 0 Å². The number of halogens is 1. The molecule has 29 heavy (non-hydrogen) atoms. The standard InChI is InChI=1S/C14H22ClN3S.C4H6O6/c1-10-17-14(15)13(19-10)9-18(8-11-2-3-11)12-4-6-16-7-5-12;5-1(3(7)8)2(6)4(9)10/h11-12,16H,2-9H2,1H3;1-2,5-6H,(H,7,8)(H,9,10). The topological polar surface area (TPSA) is 143 Å². The van der Waals surface area contributed by atoms with Gasteiger partial charge in [0.25, 0.3) is 0 Å². The number of carbonyl (C=O) groups is 2. The third-order valence-corrected chi connectivity index (χ3v) is 6.30. The third kappa shape index (κ3) is 7.80. The number of carboxylic acids is 2. The molecule has 2 aliphatic rings. The van der Waals surface area contributed by atoms with Crippen LogP contribution in [0.1, 0.15) is 35.6 Å². The molecule has 0 bridgehead atoms. The Morgan fingerprint density at radius 2 is 1.72 bits per heavy atom. The largest absolute Gasteiger partial charge is 0.479 e. The third-order valence-electron chi connectivity index (χ3n) is 4.92. The Bertz CT molecular complexity index is 675. The zero-order valence-electron chi connectivity index (χ0n) is 16.3. The van der Waals surface area contributed by atoms with E-state index in [-0.39, 0.29) is 0 Å². The monoisotopic (exact) mass is 449 g/mol. The minimum Gasteiger partial charge on any atom is -0.479 e. The molecule has 3 rings (SSSR count). The molecule has 11 heteroatoms. The van der Waals surface area contributed by atoms with Crippen LogP contribution in [0.15, 0.2) is 0 Å². The van der Waals surface area contributed by atoms with E-state index in [4.69, 9.17) is 32.0 Å². The summed E-state index contributed by atoms with van der Waals surface area (Å²) in [7, 11) is 0. The van der Waals surface area contributed by atoms with Crippen molar-refractivity contribution in [2.24, 2.45) is 5.92 Å². The molecule has 0 amide bonds. The molecule has 2 heterocycles. The molecule has 1 aliphatic heterocycles. The van der Waals surface area contributed by atoms with Crippen LogP contribution < -0.4 is 5.32 Å². The zero-order chi connectivity index (χ0) is 21.6. The Labute approximate surface area is 178 Å². The molecule has 1 saturated heterocycles. The lowest BCUT2D eigenvalue weighted by molar-refractivity contribution is -0.165. The second-order valence-electron chi connectivity index (χ2n) is 7.37. The predicted molar refractivity (Wildman–Crippen MR) is 108 cm³/mol. The Morgan fingerprint density at radius 1 is 1.17 bits per heavy atom. The van der Waals surface area contributed by atoms with E-state index in [9.17, 15) is 9.59 Å². The number of aryl methyl sites for hydroxylation is 1. The number of nitrogens with one attached hydrogen (secondary N) is 1. The summed E-state index contributed by atoms with van der Waals surface area (Å²) in [6, 6.07) is 0.723. The van der Waals surface area contributed by atoms with E-state index >= 15 is 0 Å². The van der Waals surface area contributed by atoms with E-state index < -0.39 is 24.1 Å². The van der Waals surface area contributed by atoms with Crippen LogP contribution in [0, 0.1) is 12.8 Å². The fourth-order valence-corrected chi connectivity index (χ4v) is 4.35. The number of rotatable bonds is 8. The van der Waals surface area contributed by atoms with Crippen molar-refractivity contribution in [3.05, 3.63) is 15.0 Å². The predicted octanol–water partition coefficient (Wildman–Crippen LogP) is 0.946. The zero-order valence-corrected chi connectivity index (χ0v) is 17.8. The van der Waals surface area contributed by atoms with E-state index in [0.717, 1.165) is 41.8 Å². The van der Waals surface area contributed by atoms with Crippen LogP contribution >= 0.6 is 22.9 Å². The second-order valence-corrected chi connectivity index (χ2v) is 9.01. The van der Waals surface area contributed by atoms with Crippen LogP contribution in [0.3, 0.4) is 0 Å². The van der Waals surface area contributed by atoms with Crippen molar-refractivity contribution in [3.63, 3.8) is 0 Å². The fraction of sp³-hybridized carbons (Fsp3) is 0.722. The van der Waals surface area contributed by atoms with Gasteiger partial charge in [-0.3, -0.25) is 4.90 Å². The van der Waals surface area contributed by atoms with E-state index in [0.29, 0.717) is 0 Å². The number of aliphatic hydroxyl groups excluding tert-OH is 2. The van der Waals surface area contributed by atoms with Gasteiger partial charge in [0.1, 0.15) is 5.15 Å². The van der Waals surface area contributed by atoms with Gasteiger partial charge in [-0.2, -0.15) is 0 Å². The number of carboxylic acid groups (broad SMARTS) is 2. The average molecular weight is 450 g/mol. The maximum atomic E-state index is 9.77. The van der Waals surface area contributed by atoms with Crippen LogP contribution in [-0.2, 0) is 16.1 Å². The second kappa shape index (κ2) is 11.2. The number of hydrogen-bond acceptors (Lipinski definition) is 8. The van der Waals surface area contributed by atoms with Crippen LogP contribution in [0.4, 0.5) is 0 Å². The summed E-state index contributed by atoms with van der Waals surface area (Å²) in [6.07, 6.45) is 0.827. The number of aromatic nitrogens is 1. The summed E-state index contributed by atoms with van der Waals surface area (Å²) in [4.78, 5) is 27.8. The Hall–Kier alpha value is -1.30. The van der Waals surface area contributed by atoms with Gasteiger partial charge < -0.3 is 25.7 Å². The molecular weight excluding hydrogens is 422 g/mol. The molecule has 1 aliphatic carbocycles. The van der Waals surface area contributed by atoms with Crippen LogP contribution in [-0.4, -0.2) is 80.1 Å². The number of hydrogen-bond donors (Lipinski definition) is 5. The first-order valence-electron chi connectivity index (χ1n) is 9.57. The van der Waals surface area contributed by atoms with Crippen LogP contribution in [0.25, 0.3) is 0 Å². The molecule has 164 valence electrons. The van der Waals surface area contributed by atoms with Crippen LogP contribution in [0.5, 0.6) is 0 Å². The minimum absolute atomic E-state index is 0.720. The van der Waals surface area contributed by atoms with Crippen molar-refractivity contribution < 1.29 is 30.0 Å². The summed E-state index contributed by atoms with van der Waals surface area (Å²) in [5, 5.41) is 37.8. The fourth-order valence-electron chi connectivity index (χ4n) is 3.14. The SMILES string of the molecule is Cc1nc(Cl)c(CN(CC2CC2)C2CCNCC2)s1.O=C(O)C(O)C(O)C(=O)O. The number of piperidine rings is 1. The Balaban J connectivity index is 0.000000257. The Morgan fingerprint density at radius 3 is 2.14 bits per heavy atom. The molecule has 2 fully saturated rings. The molecule has 9 nitrogen and oxygen atoms in total. The van der Waals surface area contributed by atoms with Crippen molar-refractivity contribution in [2.45, 2.75) is 57.4 Å². The lowest BCUT2D eigenvalue weighted by Gasteiger charge is -2.34. The summed E-state index contributed by atoms with van der Waals surface area (Å²) in [6.45, 7) is 6.59. The van der Waals surface area contributed by atoms with Crippen molar-refractivity contribution in [1.82, 2.24) is 15.2 Å². The lowest BCUT2D eigenvalue weighted by Crippen LogP contribution is -2.43. The van der Waals surface area contributed by atoms with Gasteiger partial charge in [0.05, 0.1) is 9.88 Å². The van der Waals surface area contributed by atoms with Crippen molar-refractivity contribution in [2.75, 3.05) is 19.6 Å². The van der Waals surface area contributed by atoms with Gasteiger partial charge >= 0.3 is 11.9 Å². The number of thiazole rings is 1. The highest BCUT2D eigenvalue weighted by Gasteiger charge is 2.30. The highest BCUT2D eigenvalue weighted by atomic mass is 35.5. The van der Waals surface area contributed by atoms with Crippen molar-refractivity contribution in [1.29, 1.82) is 0 Å². The number of nitrogens with zero attached hydrogens (tertiary/aromatic N) is 2. The van der Waals surface area contributed by atoms with Gasteiger partial charge in [-0.05, 0) is 51.6 Å². The van der Waals surface area contributed by atoms with Gasteiger partial charge in [-0.1, -0.05) is 11.6 Å². The highest BCUT2D eigenvalue weighted by molar-refractivity contribution is 7.12. The van der Waals surface area contributed by atoms with E-state index in [1.807, 2.05) is 6.92 Å². The molecule has 0 spiro atoms. The summed E-state index contributed by atoms with van der Waals surface area (Å²) < 4.78 is 0.